The Kier molecular flexibility index (Phi) is 6.73. The molecule has 1 aromatic carbocycles. The monoisotopic (exact) mass is 379 g/mol. The normalized spacial score (nSPS) is 12.0. The van der Waals surface area contributed by atoms with Crippen molar-refractivity contribution in [2.24, 2.45) is 5.41 Å². The van der Waals surface area contributed by atoms with Gasteiger partial charge >= 0.3 is 0 Å². The molecule has 0 fully saturated rings. The maximum Gasteiger partial charge on any atom is 0.273 e. The second kappa shape index (κ2) is 8.83. The van der Waals surface area contributed by atoms with E-state index in [2.05, 4.69) is 29.5 Å². The van der Waals surface area contributed by atoms with Crippen LogP contribution in [0.2, 0.25) is 0 Å². The molecule has 28 heavy (non-hydrogen) atoms. The molecule has 0 atom stereocenters. The first kappa shape index (κ1) is 21.4. The lowest BCUT2D eigenvalue weighted by Gasteiger charge is -2.19. The summed E-state index contributed by atoms with van der Waals surface area (Å²) in [6.45, 7) is 11.5. The minimum atomic E-state index is -0.623. The van der Waals surface area contributed by atoms with Crippen molar-refractivity contribution in [3.05, 3.63) is 65.0 Å². The lowest BCUT2D eigenvalue weighted by Crippen LogP contribution is -2.38. The van der Waals surface area contributed by atoms with Crippen LogP contribution in [0.25, 0.3) is 6.08 Å². The third-order valence-electron chi connectivity index (χ3n) is 4.33. The number of anilines is 1. The number of pyridine rings is 1. The fourth-order valence-corrected chi connectivity index (χ4v) is 2.40. The summed E-state index contributed by atoms with van der Waals surface area (Å²) in [5.41, 5.74) is 2.45. The van der Waals surface area contributed by atoms with Crippen molar-refractivity contribution in [3.63, 3.8) is 0 Å². The van der Waals surface area contributed by atoms with Crippen molar-refractivity contribution in [1.82, 2.24) is 10.3 Å². The van der Waals surface area contributed by atoms with E-state index < -0.39 is 11.3 Å². The van der Waals surface area contributed by atoms with E-state index in [-0.39, 0.29) is 11.6 Å². The van der Waals surface area contributed by atoms with Crippen LogP contribution in [0.15, 0.2) is 48.3 Å². The van der Waals surface area contributed by atoms with Crippen LogP contribution in [0.5, 0.6) is 0 Å². The molecular weight excluding hydrogens is 350 g/mol. The fourth-order valence-electron chi connectivity index (χ4n) is 2.40. The van der Waals surface area contributed by atoms with Gasteiger partial charge in [-0.15, -0.1) is 0 Å². The zero-order valence-corrected chi connectivity index (χ0v) is 17.5. The Hall–Kier alpha value is -2.95. The van der Waals surface area contributed by atoms with Crippen LogP contribution in [0.4, 0.5) is 5.82 Å². The van der Waals surface area contributed by atoms with Crippen molar-refractivity contribution in [2.45, 2.75) is 47.5 Å². The molecule has 0 radical (unpaired) electrons. The van der Waals surface area contributed by atoms with Gasteiger partial charge in [-0.25, -0.2) is 4.98 Å². The number of aryl methyl sites for hydroxylation is 1. The van der Waals surface area contributed by atoms with Gasteiger partial charge in [-0.05, 0) is 41.7 Å². The Morgan fingerprint density at radius 3 is 2.25 bits per heavy atom. The van der Waals surface area contributed by atoms with E-state index in [4.69, 9.17) is 0 Å². The predicted octanol–water partition coefficient (Wildman–Crippen LogP) is 4.66. The number of amides is 2. The average Bonchev–Trinajstić information content (AvgIpc) is 2.62. The molecular formula is C23H29N3O2. The topological polar surface area (TPSA) is 71.1 Å². The molecule has 0 saturated carbocycles. The van der Waals surface area contributed by atoms with Gasteiger partial charge in [0.2, 0.25) is 5.91 Å². The van der Waals surface area contributed by atoms with Gasteiger partial charge in [-0.1, -0.05) is 65.0 Å². The third kappa shape index (κ3) is 5.78. The molecule has 0 bridgehead atoms. The van der Waals surface area contributed by atoms with Gasteiger partial charge in [0.25, 0.3) is 5.91 Å². The number of rotatable bonds is 5. The standard InChI is InChI=1S/C23H29N3O2/c1-15(2)18-11-9-17(10-12-18)14-19(25-22(28)23(4,5)6)21(27)26-20-16(3)8-7-13-24-20/h7-15H,1-6H3,(H,25,28)(H,24,26,27)/b19-14+. The Morgan fingerprint density at radius 2 is 1.71 bits per heavy atom. The van der Waals surface area contributed by atoms with Crippen LogP contribution in [-0.2, 0) is 9.59 Å². The van der Waals surface area contributed by atoms with Crippen molar-refractivity contribution in [3.8, 4) is 0 Å². The molecule has 0 spiro atoms. The zero-order chi connectivity index (χ0) is 20.9. The fraction of sp³-hybridized carbons (Fsp3) is 0.348. The van der Waals surface area contributed by atoms with Crippen LogP contribution in [0, 0.1) is 12.3 Å². The van der Waals surface area contributed by atoms with E-state index in [9.17, 15) is 9.59 Å². The molecule has 0 aliphatic carbocycles. The molecule has 148 valence electrons. The molecule has 2 rings (SSSR count). The van der Waals surface area contributed by atoms with E-state index in [0.717, 1.165) is 11.1 Å². The Bertz CT molecular complexity index is 875. The lowest BCUT2D eigenvalue weighted by molar-refractivity contribution is -0.128. The molecule has 0 aliphatic rings. The van der Waals surface area contributed by atoms with E-state index in [1.165, 1.54) is 5.56 Å². The van der Waals surface area contributed by atoms with E-state index in [1.54, 1.807) is 39.1 Å². The summed E-state index contributed by atoms with van der Waals surface area (Å²) in [6.07, 6.45) is 3.30. The highest BCUT2D eigenvalue weighted by atomic mass is 16.2. The second-order valence-electron chi connectivity index (χ2n) is 8.21. The minimum absolute atomic E-state index is 0.183. The third-order valence-corrected chi connectivity index (χ3v) is 4.33. The van der Waals surface area contributed by atoms with Crippen molar-refractivity contribution < 1.29 is 9.59 Å². The van der Waals surface area contributed by atoms with Gasteiger partial charge in [-0.3, -0.25) is 9.59 Å². The first-order valence-electron chi connectivity index (χ1n) is 9.44. The summed E-state index contributed by atoms with van der Waals surface area (Å²) in [7, 11) is 0. The van der Waals surface area contributed by atoms with Gasteiger partial charge in [0.1, 0.15) is 11.5 Å². The molecule has 0 aliphatic heterocycles. The molecule has 2 N–H and O–H groups in total. The summed E-state index contributed by atoms with van der Waals surface area (Å²) >= 11 is 0. The highest BCUT2D eigenvalue weighted by molar-refractivity contribution is 6.08. The quantitative estimate of drug-likeness (QED) is 0.743. The highest BCUT2D eigenvalue weighted by Crippen LogP contribution is 2.18. The lowest BCUT2D eigenvalue weighted by atomic mass is 9.95. The summed E-state index contributed by atoms with van der Waals surface area (Å²) < 4.78 is 0. The molecule has 0 saturated heterocycles. The van der Waals surface area contributed by atoms with Gasteiger partial charge < -0.3 is 10.6 Å². The smallest absolute Gasteiger partial charge is 0.273 e. The number of hydrogen-bond acceptors (Lipinski definition) is 3. The first-order valence-corrected chi connectivity index (χ1v) is 9.44. The largest absolute Gasteiger partial charge is 0.321 e. The zero-order valence-electron chi connectivity index (χ0n) is 17.5. The number of nitrogens with one attached hydrogen (secondary N) is 2. The number of carbonyl (C=O) groups excluding carboxylic acids is 2. The van der Waals surface area contributed by atoms with Gasteiger partial charge in [0, 0.05) is 11.6 Å². The molecule has 2 aromatic rings. The van der Waals surface area contributed by atoms with Crippen LogP contribution < -0.4 is 10.6 Å². The summed E-state index contributed by atoms with van der Waals surface area (Å²) in [4.78, 5) is 29.6. The summed E-state index contributed by atoms with van der Waals surface area (Å²) in [5, 5.41) is 5.55. The maximum atomic E-state index is 12.9. The van der Waals surface area contributed by atoms with Crippen LogP contribution >= 0.6 is 0 Å². The molecule has 5 nitrogen and oxygen atoms in total. The van der Waals surface area contributed by atoms with Gasteiger partial charge in [0.05, 0.1) is 0 Å². The number of hydrogen-bond donors (Lipinski definition) is 2. The molecule has 5 heteroatoms. The number of carbonyl (C=O) groups is 2. The molecule has 0 unspecified atom stereocenters. The highest BCUT2D eigenvalue weighted by Gasteiger charge is 2.24. The van der Waals surface area contributed by atoms with E-state index in [0.29, 0.717) is 11.7 Å². The average molecular weight is 380 g/mol. The van der Waals surface area contributed by atoms with Gasteiger partial charge in [-0.2, -0.15) is 0 Å². The van der Waals surface area contributed by atoms with Crippen LogP contribution in [0.1, 0.15) is 57.2 Å². The van der Waals surface area contributed by atoms with E-state index in [1.807, 2.05) is 37.3 Å². The predicted molar refractivity (Wildman–Crippen MR) is 114 cm³/mol. The second-order valence-corrected chi connectivity index (χ2v) is 8.21. The van der Waals surface area contributed by atoms with Gasteiger partial charge in [0.15, 0.2) is 0 Å². The minimum Gasteiger partial charge on any atom is -0.321 e. The van der Waals surface area contributed by atoms with Crippen molar-refractivity contribution in [2.75, 3.05) is 5.32 Å². The number of benzene rings is 1. The SMILES string of the molecule is Cc1cccnc1NC(=O)/C(=C\c1ccc(C(C)C)cc1)NC(=O)C(C)(C)C. The maximum absolute atomic E-state index is 12.9. The molecule has 2 amide bonds. The Balaban J connectivity index is 2.34. The first-order chi connectivity index (χ1) is 13.1. The molecule has 1 aromatic heterocycles. The Labute approximate surface area is 167 Å². The van der Waals surface area contributed by atoms with E-state index >= 15 is 0 Å². The van der Waals surface area contributed by atoms with Crippen molar-refractivity contribution in [1.29, 1.82) is 0 Å². The molecule has 1 heterocycles. The van der Waals surface area contributed by atoms with Crippen LogP contribution in [-0.4, -0.2) is 16.8 Å². The number of aromatic nitrogens is 1. The van der Waals surface area contributed by atoms with Crippen LogP contribution in [0.3, 0.4) is 0 Å². The van der Waals surface area contributed by atoms with Crippen molar-refractivity contribution >= 4 is 23.7 Å². The Morgan fingerprint density at radius 1 is 1.07 bits per heavy atom. The number of nitrogens with zero attached hydrogens (tertiary/aromatic N) is 1. The summed E-state index contributed by atoms with van der Waals surface area (Å²) in [5.74, 6) is 0.255. The summed E-state index contributed by atoms with van der Waals surface area (Å²) in [6, 6.07) is 11.6.